The SMILES string of the molecule is CC(C)N1CCOC(C(Cc2ccc(F)cc2)NN)C1. The van der Waals surface area contributed by atoms with Crippen molar-refractivity contribution < 1.29 is 9.13 Å². The lowest BCUT2D eigenvalue weighted by Crippen LogP contribution is -2.56. The monoisotopic (exact) mass is 281 g/mol. The summed E-state index contributed by atoms with van der Waals surface area (Å²) in [5.41, 5.74) is 3.90. The molecule has 2 rings (SSSR count). The average molecular weight is 281 g/mol. The molecule has 0 aliphatic carbocycles. The van der Waals surface area contributed by atoms with Crippen LogP contribution in [0.15, 0.2) is 24.3 Å². The predicted molar refractivity (Wildman–Crippen MR) is 77.7 cm³/mol. The van der Waals surface area contributed by atoms with Gasteiger partial charge in [-0.3, -0.25) is 16.2 Å². The van der Waals surface area contributed by atoms with Gasteiger partial charge in [0.2, 0.25) is 0 Å². The van der Waals surface area contributed by atoms with E-state index in [-0.39, 0.29) is 18.0 Å². The van der Waals surface area contributed by atoms with E-state index in [0.717, 1.165) is 31.7 Å². The van der Waals surface area contributed by atoms with Gasteiger partial charge in [0.1, 0.15) is 5.82 Å². The van der Waals surface area contributed by atoms with Gasteiger partial charge in [-0.25, -0.2) is 4.39 Å². The summed E-state index contributed by atoms with van der Waals surface area (Å²) >= 11 is 0. The minimum Gasteiger partial charge on any atom is -0.374 e. The molecular formula is C15H24FN3O. The van der Waals surface area contributed by atoms with Crippen molar-refractivity contribution in [3.8, 4) is 0 Å². The van der Waals surface area contributed by atoms with E-state index in [9.17, 15) is 4.39 Å². The van der Waals surface area contributed by atoms with Crippen molar-refractivity contribution in [2.45, 2.75) is 38.5 Å². The number of morpholine rings is 1. The summed E-state index contributed by atoms with van der Waals surface area (Å²) < 4.78 is 18.8. The molecule has 0 bridgehead atoms. The van der Waals surface area contributed by atoms with E-state index in [2.05, 4.69) is 24.2 Å². The maximum Gasteiger partial charge on any atom is 0.123 e. The number of benzene rings is 1. The van der Waals surface area contributed by atoms with E-state index >= 15 is 0 Å². The molecule has 1 aliphatic heterocycles. The molecule has 0 spiro atoms. The normalized spacial score (nSPS) is 22.1. The molecule has 1 aromatic rings. The van der Waals surface area contributed by atoms with Crippen molar-refractivity contribution in [1.29, 1.82) is 0 Å². The van der Waals surface area contributed by atoms with Crippen LogP contribution in [0.3, 0.4) is 0 Å². The molecule has 1 aromatic carbocycles. The van der Waals surface area contributed by atoms with Crippen LogP contribution in [-0.2, 0) is 11.2 Å². The quantitative estimate of drug-likeness (QED) is 0.631. The third-order valence-corrected chi connectivity index (χ3v) is 3.89. The fraction of sp³-hybridized carbons (Fsp3) is 0.600. The first-order chi connectivity index (χ1) is 9.60. The van der Waals surface area contributed by atoms with E-state index in [4.69, 9.17) is 10.6 Å². The van der Waals surface area contributed by atoms with E-state index < -0.39 is 0 Å². The number of halogens is 1. The summed E-state index contributed by atoms with van der Waals surface area (Å²) in [6, 6.07) is 7.08. The smallest absolute Gasteiger partial charge is 0.123 e. The Labute approximate surface area is 120 Å². The van der Waals surface area contributed by atoms with Crippen molar-refractivity contribution in [3.05, 3.63) is 35.6 Å². The highest BCUT2D eigenvalue weighted by molar-refractivity contribution is 5.17. The number of hydrazine groups is 1. The van der Waals surface area contributed by atoms with Crippen LogP contribution in [0, 0.1) is 5.82 Å². The van der Waals surface area contributed by atoms with E-state index in [1.165, 1.54) is 12.1 Å². The number of nitrogens with zero attached hydrogens (tertiary/aromatic N) is 1. The molecule has 3 N–H and O–H groups in total. The number of hydrogen-bond acceptors (Lipinski definition) is 4. The van der Waals surface area contributed by atoms with Gasteiger partial charge in [-0.15, -0.1) is 0 Å². The molecule has 2 unspecified atom stereocenters. The Bertz CT molecular complexity index is 410. The summed E-state index contributed by atoms with van der Waals surface area (Å²) in [5, 5.41) is 0. The lowest BCUT2D eigenvalue weighted by atomic mass is 10.00. The molecule has 1 fully saturated rings. The topological polar surface area (TPSA) is 50.5 Å². The molecule has 1 heterocycles. The summed E-state index contributed by atoms with van der Waals surface area (Å²) in [7, 11) is 0. The third-order valence-electron chi connectivity index (χ3n) is 3.89. The summed E-state index contributed by atoms with van der Waals surface area (Å²) in [4.78, 5) is 2.39. The minimum atomic E-state index is -0.217. The largest absolute Gasteiger partial charge is 0.374 e. The molecular weight excluding hydrogens is 257 g/mol. The first kappa shape index (κ1) is 15.4. The van der Waals surface area contributed by atoms with Gasteiger partial charge in [0.15, 0.2) is 0 Å². The second kappa shape index (κ2) is 7.13. The van der Waals surface area contributed by atoms with Gasteiger partial charge in [-0.05, 0) is 38.0 Å². The summed E-state index contributed by atoms with van der Waals surface area (Å²) in [5.74, 6) is 5.46. The van der Waals surface area contributed by atoms with Gasteiger partial charge in [0.05, 0.1) is 18.8 Å². The highest BCUT2D eigenvalue weighted by Gasteiger charge is 2.28. The fourth-order valence-electron chi connectivity index (χ4n) is 2.58. The summed E-state index contributed by atoms with van der Waals surface area (Å²) in [6.45, 7) is 6.93. The zero-order chi connectivity index (χ0) is 14.5. The highest BCUT2D eigenvalue weighted by Crippen LogP contribution is 2.15. The van der Waals surface area contributed by atoms with Crippen LogP contribution in [0.2, 0.25) is 0 Å². The molecule has 5 heteroatoms. The standard InChI is InChI=1S/C15H24FN3O/c1-11(2)19-7-8-20-15(10-19)14(18-17)9-12-3-5-13(16)6-4-12/h3-6,11,14-15,18H,7-10,17H2,1-2H3. The number of rotatable bonds is 5. The Balaban J connectivity index is 1.98. The Kier molecular flexibility index (Phi) is 5.48. The fourth-order valence-corrected chi connectivity index (χ4v) is 2.58. The van der Waals surface area contributed by atoms with E-state index in [0.29, 0.717) is 6.04 Å². The van der Waals surface area contributed by atoms with Crippen LogP contribution in [0.5, 0.6) is 0 Å². The molecule has 2 atom stereocenters. The first-order valence-electron chi connectivity index (χ1n) is 7.16. The van der Waals surface area contributed by atoms with Crippen molar-refractivity contribution in [1.82, 2.24) is 10.3 Å². The number of nitrogens with two attached hydrogens (primary N) is 1. The Morgan fingerprint density at radius 1 is 1.40 bits per heavy atom. The van der Waals surface area contributed by atoms with Crippen molar-refractivity contribution in [3.63, 3.8) is 0 Å². The van der Waals surface area contributed by atoms with E-state index in [1.54, 1.807) is 12.1 Å². The Morgan fingerprint density at radius 2 is 2.10 bits per heavy atom. The molecule has 0 radical (unpaired) electrons. The second-order valence-electron chi connectivity index (χ2n) is 5.60. The van der Waals surface area contributed by atoms with Crippen molar-refractivity contribution >= 4 is 0 Å². The van der Waals surface area contributed by atoms with Crippen LogP contribution in [0.4, 0.5) is 4.39 Å². The maximum atomic E-state index is 12.9. The highest BCUT2D eigenvalue weighted by atomic mass is 19.1. The van der Waals surface area contributed by atoms with Crippen molar-refractivity contribution in [2.75, 3.05) is 19.7 Å². The number of ether oxygens (including phenoxy) is 1. The van der Waals surface area contributed by atoms with Gasteiger partial charge < -0.3 is 4.74 Å². The Morgan fingerprint density at radius 3 is 2.70 bits per heavy atom. The zero-order valence-corrected chi connectivity index (χ0v) is 12.2. The lowest BCUT2D eigenvalue weighted by Gasteiger charge is -2.38. The molecule has 112 valence electrons. The van der Waals surface area contributed by atoms with Crippen LogP contribution in [0.1, 0.15) is 19.4 Å². The molecule has 0 aromatic heterocycles. The van der Waals surface area contributed by atoms with Crippen LogP contribution in [-0.4, -0.2) is 42.8 Å². The molecule has 0 amide bonds. The van der Waals surface area contributed by atoms with Gasteiger partial charge in [-0.1, -0.05) is 12.1 Å². The number of nitrogens with one attached hydrogen (secondary N) is 1. The van der Waals surface area contributed by atoms with Gasteiger partial charge >= 0.3 is 0 Å². The first-order valence-corrected chi connectivity index (χ1v) is 7.16. The van der Waals surface area contributed by atoms with E-state index in [1.807, 2.05) is 0 Å². The van der Waals surface area contributed by atoms with Crippen LogP contribution < -0.4 is 11.3 Å². The Hall–Kier alpha value is -1.01. The molecule has 1 aliphatic rings. The summed E-state index contributed by atoms with van der Waals surface area (Å²) in [6.07, 6.45) is 0.786. The molecule has 20 heavy (non-hydrogen) atoms. The molecule has 0 saturated carbocycles. The zero-order valence-electron chi connectivity index (χ0n) is 12.2. The van der Waals surface area contributed by atoms with Crippen LogP contribution in [0.25, 0.3) is 0 Å². The maximum absolute atomic E-state index is 12.9. The minimum absolute atomic E-state index is 0.0296. The van der Waals surface area contributed by atoms with Gasteiger partial charge in [0, 0.05) is 19.1 Å². The van der Waals surface area contributed by atoms with Crippen LogP contribution >= 0.6 is 0 Å². The number of hydrogen-bond donors (Lipinski definition) is 2. The lowest BCUT2D eigenvalue weighted by molar-refractivity contribution is -0.0552. The molecule has 1 saturated heterocycles. The average Bonchev–Trinajstić information content (AvgIpc) is 2.46. The third kappa shape index (κ3) is 3.99. The molecule has 4 nitrogen and oxygen atoms in total. The van der Waals surface area contributed by atoms with Gasteiger partial charge in [-0.2, -0.15) is 0 Å². The predicted octanol–water partition coefficient (Wildman–Crippen LogP) is 1.31. The second-order valence-corrected chi connectivity index (χ2v) is 5.60. The van der Waals surface area contributed by atoms with Crippen molar-refractivity contribution in [2.24, 2.45) is 5.84 Å². The van der Waals surface area contributed by atoms with Gasteiger partial charge in [0.25, 0.3) is 0 Å².